The summed E-state index contributed by atoms with van der Waals surface area (Å²) in [5.74, 6) is -0.751. The molecule has 1 unspecified atom stereocenters. The van der Waals surface area contributed by atoms with Crippen LogP contribution in [0.25, 0.3) is 10.9 Å². The Balaban J connectivity index is 1.65. The third-order valence-corrected chi connectivity index (χ3v) is 6.97. The zero-order chi connectivity index (χ0) is 31.5. The topological polar surface area (TPSA) is 101 Å². The predicted molar refractivity (Wildman–Crippen MR) is 149 cm³/mol. The Labute approximate surface area is 239 Å². The van der Waals surface area contributed by atoms with Crippen molar-refractivity contribution in [2.24, 2.45) is 5.41 Å². The van der Waals surface area contributed by atoms with E-state index in [1.165, 1.54) is 36.5 Å². The highest BCUT2D eigenvalue weighted by molar-refractivity contribution is 6.35. The first-order valence-electron chi connectivity index (χ1n) is 14.1. The van der Waals surface area contributed by atoms with Crippen molar-refractivity contribution in [2.75, 3.05) is 17.1 Å². The van der Waals surface area contributed by atoms with Gasteiger partial charge in [0, 0.05) is 44.0 Å². The lowest BCUT2D eigenvalue weighted by Crippen LogP contribution is -2.48. The summed E-state index contributed by atoms with van der Waals surface area (Å²) in [6.07, 6.45) is 0.552. The van der Waals surface area contributed by atoms with Crippen molar-refractivity contribution in [3.05, 3.63) is 70.2 Å². The smallest absolute Gasteiger partial charge is 0.262 e. The molecule has 0 bridgehead atoms. The van der Waals surface area contributed by atoms with Gasteiger partial charge in [-0.15, -0.1) is 5.53 Å². The van der Waals surface area contributed by atoms with Gasteiger partial charge in [-0.3, -0.25) is 9.99 Å². The summed E-state index contributed by atoms with van der Waals surface area (Å²) in [7, 11) is 0. The number of hydrazine groups is 2. The normalized spacial score (nSPS) is 19.1. The largest absolute Gasteiger partial charge is 0.383 e. The number of benzene rings is 1. The molecule has 3 heterocycles. The fraction of sp³-hybridized carbons (Fsp3) is 0.393. The summed E-state index contributed by atoms with van der Waals surface area (Å²) in [6, 6.07) is 5.65. The maximum Gasteiger partial charge on any atom is 0.262 e. The van der Waals surface area contributed by atoms with Crippen LogP contribution < -0.4 is 21.6 Å². The standard InChI is InChI=1S/C28H30ClF3N8/c1-15-18(5-6-22(30)36-15)25(21-13-40(39-38-21)28(7-8-28)26(31)32)37-17-9-19-23(35-14-27(2,3)4)16(11-33)12-34-24(19)20(29)10-17/h5-6,9-10,12-13,25-26,37-39H,7-8,14H2,1-4H3,(H,34,35)/i14D2,25D. The number of hydrogen-bond donors (Lipinski definition) is 4. The van der Waals surface area contributed by atoms with Crippen molar-refractivity contribution in [1.29, 1.82) is 5.26 Å². The molecule has 1 fully saturated rings. The maximum absolute atomic E-state index is 14.0. The molecule has 2 aromatic heterocycles. The summed E-state index contributed by atoms with van der Waals surface area (Å²) >= 11 is 6.64. The average Bonchev–Trinajstić information content (AvgIpc) is 3.57. The molecule has 1 aliphatic carbocycles. The van der Waals surface area contributed by atoms with Gasteiger partial charge in [-0.05, 0) is 43.4 Å². The van der Waals surface area contributed by atoms with Gasteiger partial charge >= 0.3 is 0 Å². The van der Waals surface area contributed by atoms with E-state index in [0.29, 0.717) is 5.39 Å². The number of fused-ring (bicyclic) bond motifs is 1. The maximum atomic E-state index is 14.0. The van der Waals surface area contributed by atoms with E-state index < -0.39 is 35.8 Å². The molecule has 0 saturated heterocycles. The molecule has 8 nitrogen and oxygen atoms in total. The molecule has 3 aromatic rings. The summed E-state index contributed by atoms with van der Waals surface area (Å²) in [6.45, 7) is 4.70. The molecule has 0 spiro atoms. The zero-order valence-electron chi connectivity index (χ0n) is 25.3. The molecule has 1 aromatic carbocycles. The van der Waals surface area contributed by atoms with Crippen LogP contribution in [0.15, 0.2) is 42.4 Å². The van der Waals surface area contributed by atoms with Crippen LogP contribution >= 0.6 is 11.6 Å². The molecular weight excluding hydrogens is 541 g/mol. The minimum atomic E-state index is -2.64. The van der Waals surface area contributed by atoms with Gasteiger partial charge in [0.1, 0.15) is 11.6 Å². The van der Waals surface area contributed by atoms with Gasteiger partial charge in [0.2, 0.25) is 5.95 Å². The molecule has 1 saturated carbocycles. The lowest BCUT2D eigenvalue weighted by atomic mass is 9.96. The molecule has 210 valence electrons. The van der Waals surface area contributed by atoms with Crippen LogP contribution in [0.4, 0.5) is 24.5 Å². The van der Waals surface area contributed by atoms with Crippen LogP contribution in [0.5, 0.6) is 0 Å². The first kappa shape index (κ1) is 24.1. The van der Waals surface area contributed by atoms with Crippen LogP contribution in [0.2, 0.25) is 5.02 Å². The monoisotopic (exact) mass is 573 g/mol. The lowest BCUT2D eigenvalue weighted by molar-refractivity contribution is 0.00911. The van der Waals surface area contributed by atoms with Crippen molar-refractivity contribution in [3.8, 4) is 6.07 Å². The molecule has 5 rings (SSSR count). The molecule has 1 aliphatic heterocycles. The number of aromatic nitrogens is 2. The van der Waals surface area contributed by atoms with Gasteiger partial charge in [-0.2, -0.15) is 9.65 Å². The SMILES string of the molecule is [2H]C(Nc1cc(Cl)c2ncc(C#N)c(NC([2H])([2H])C(C)(C)C)c2c1)(C1=CN(C2(C(F)F)CC2)NN1)c1ccc(F)nc1C. The number of aryl methyl sites for hydroxylation is 1. The third kappa shape index (κ3) is 5.33. The molecule has 2 aliphatic rings. The Morgan fingerprint density at radius 3 is 2.70 bits per heavy atom. The summed E-state index contributed by atoms with van der Waals surface area (Å²) in [4.78, 5) is 8.18. The van der Waals surface area contributed by atoms with Crippen LogP contribution in [0, 0.1) is 29.6 Å². The first-order chi connectivity index (χ1) is 20.0. The molecule has 40 heavy (non-hydrogen) atoms. The van der Waals surface area contributed by atoms with E-state index in [2.05, 4.69) is 31.6 Å². The van der Waals surface area contributed by atoms with Gasteiger partial charge < -0.3 is 16.1 Å². The zero-order valence-corrected chi connectivity index (χ0v) is 23.0. The fourth-order valence-corrected chi connectivity index (χ4v) is 4.66. The van der Waals surface area contributed by atoms with Gasteiger partial charge in [0.15, 0.2) is 0 Å². The summed E-state index contributed by atoms with van der Waals surface area (Å²) in [5, 5.41) is 17.5. The molecule has 4 N–H and O–H groups in total. The number of hydrogen-bond acceptors (Lipinski definition) is 8. The van der Waals surface area contributed by atoms with Crippen molar-refractivity contribution in [2.45, 2.75) is 58.5 Å². The van der Waals surface area contributed by atoms with Gasteiger partial charge in [0.05, 0.1) is 34.9 Å². The minimum absolute atomic E-state index is 0.0753. The average molecular weight is 574 g/mol. The van der Waals surface area contributed by atoms with Crippen LogP contribution in [-0.4, -0.2) is 33.4 Å². The quantitative estimate of drug-likeness (QED) is 0.237. The van der Waals surface area contributed by atoms with Crippen molar-refractivity contribution in [1.82, 2.24) is 25.9 Å². The number of anilines is 2. The number of nitrogens with zero attached hydrogens (tertiary/aromatic N) is 4. The van der Waals surface area contributed by atoms with Gasteiger partial charge in [0.25, 0.3) is 6.43 Å². The van der Waals surface area contributed by atoms with Crippen LogP contribution in [-0.2, 0) is 0 Å². The number of nitrogens with one attached hydrogen (secondary N) is 4. The summed E-state index contributed by atoms with van der Waals surface area (Å²) in [5.41, 5.74) is 4.56. The Hall–Kier alpha value is -3.75. The highest BCUT2D eigenvalue weighted by Crippen LogP contribution is 2.47. The Morgan fingerprint density at radius 2 is 2.08 bits per heavy atom. The second-order valence-corrected chi connectivity index (χ2v) is 11.2. The molecule has 12 heteroatoms. The van der Waals surface area contributed by atoms with Crippen molar-refractivity contribution in [3.63, 3.8) is 0 Å². The number of rotatable bonds is 8. The van der Waals surface area contributed by atoms with E-state index in [-0.39, 0.29) is 57.3 Å². The fourth-order valence-electron chi connectivity index (χ4n) is 4.39. The second-order valence-electron chi connectivity index (χ2n) is 10.8. The van der Waals surface area contributed by atoms with E-state index in [0.717, 1.165) is 6.07 Å². The second kappa shape index (κ2) is 10.3. The Kier molecular flexibility index (Phi) is 6.22. The van der Waals surface area contributed by atoms with Crippen LogP contribution in [0.1, 0.15) is 60.6 Å². The molecule has 0 amide bonds. The Bertz CT molecular complexity index is 1670. The van der Waals surface area contributed by atoms with E-state index >= 15 is 0 Å². The highest BCUT2D eigenvalue weighted by atomic mass is 35.5. The van der Waals surface area contributed by atoms with Crippen molar-refractivity contribution < 1.29 is 17.3 Å². The van der Waals surface area contributed by atoms with Crippen LogP contribution in [0.3, 0.4) is 0 Å². The van der Waals surface area contributed by atoms with Crippen molar-refractivity contribution >= 4 is 33.9 Å². The number of pyridine rings is 2. The molecular formula is C28H30ClF3N8. The highest BCUT2D eigenvalue weighted by Gasteiger charge is 2.56. The van der Waals surface area contributed by atoms with E-state index in [1.807, 2.05) is 6.07 Å². The van der Waals surface area contributed by atoms with Gasteiger partial charge in [-0.25, -0.2) is 13.8 Å². The molecule has 1 atom stereocenters. The van der Waals surface area contributed by atoms with E-state index in [1.54, 1.807) is 26.8 Å². The summed E-state index contributed by atoms with van der Waals surface area (Å²) < 4.78 is 68.6. The Morgan fingerprint density at radius 1 is 1.32 bits per heavy atom. The minimum Gasteiger partial charge on any atom is -0.383 e. The number of nitriles is 1. The first-order valence-corrected chi connectivity index (χ1v) is 12.9. The number of alkyl halides is 2. The van der Waals surface area contributed by atoms with Gasteiger partial charge in [-0.1, -0.05) is 38.4 Å². The van der Waals surface area contributed by atoms with E-state index in [9.17, 15) is 19.8 Å². The predicted octanol–water partition coefficient (Wildman–Crippen LogP) is 6.18. The third-order valence-electron chi connectivity index (χ3n) is 6.69. The molecule has 0 radical (unpaired) electrons. The lowest BCUT2D eigenvalue weighted by Gasteiger charge is -2.25. The van der Waals surface area contributed by atoms with E-state index in [4.69, 9.17) is 14.3 Å². The number of halogens is 4.